The Morgan fingerprint density at radius 2 is 1.95 bits per heavy atom. The number of carbonyl (C=O) groups is 1. The zero-order valence-corrected chi connectivity index (χ0v) is 13.4. The summed E-state index contributed by atoms with van der Waals surface area (Å²) in [7, 11) is 0. The molecule has 2 saturated carbocycles. The second-order valence-corrected chi connectivity index (χ2v) is 7.35. The number of hydrogen-bond acceptors (Lipinski definition) is 4. The van der Waals surface area contributed by atoms with E-state index in [0.717, 1.165) is 44.1 Å². The van der Waals surface area contributed by atoms with E-state index in [-0.39, 0.29) is 5.97 Å². The Morgan fingerprint density at radius 3 is 2.62 bits per heavy atom. The number of rotatable bonds is 5. The van der Waals surface area contributed by atoms with E-state index in [1.165, 1.54) is 32.4 Å². The molecule has 0 aromatic carbocycles. The smallest absolute Gasteiger partial charge is 0.326 e. The third-order valence-corrected chi connectivity index (χ3v) is 6.12. The van der Waals surface area contributed by atoms with Gasteiger partial charge in [-0.15, -0.1) is 0 Å². The lowest BCUT2D eigenvalue weighted by Crippen LogP contribution is -2.52. The molecule has 1 saturated heterocycles. The standard InChI is InChI=1S/C17H30N2O2/c1-2-21-16(20)17(18)9-4-7-15(17)8-10-19-11-13-5-3-6-14(13)12-19/h13-15H,2-12,18H2,1H3. The number of likely N-dealkylation sites (tertiary alicyclic amines) is 1. The van der Waals surface area contributed by atoms with Gasteiger partial charge in [0.25, 0.3) is 0 Å². The Balaban J connectivity index is 1.51. The summed E-state index contributed by atoms with van der Waals surface area (Å²) in [6.07, 6.45) is 8.26. The molecule has 4 atom stereocenters. The van der Waals surface area contributed by atoms with Crippen molar-refractivity contribution in [2.24, 2.45) is 23.5 Å². The second-order valence-electron chi connectivity index (χ2n) is 7.35. The van der Waals surface area contributed by atoms with Gasteiger partial charge in [-0.1, -0.05) is 12.8 Å². The van der Waals surface area contributed by atoms with Gasteiger partial charge < -0.3 is 15.4 Å². The molecule has 0 spiro atoms. The van der Waals surface area contributed by atoms with E-state index in [0.29, 0.717) is 12.5 Å². The molecule has 3 aliphatic rings. The van der Waals surface area contributed by atoms with E-state index in [4.69, 9.17) is 10.5 Å². The molecule has 4 nitrogen and oxygen atoms in total. The second kappa shape index (κ2) is 6.25. The zero-order valence-electron chi connectivity index (χ0n) is 13.4. The van der Waals surface area contributed by atoms with E-state index in [1.807, 2.05) is 6.92 Å². The van der Waals surface area contributed by atoms with E-state index < -0.39 is 5.54 Å². The van der Waals surface area contributed by atoms with Crippen molar-refractivity contribution >= 4 is 5.97 Å². The van der Waals surface area contributed by atoms with Gasteiger partial charge in [-0.3, -0.25) is 4.79 Å². The normalized spacial score (nSPS) is 39.6. The predicted molar refractivity (Wildman–Crippen MR) is 82.8 cm³/mol. The molecule has 4 heteroatoms. The summed E-state index contributed by atoms with van der Waals surface area (Å²) in [4.78, 5) is 14.8. The fourth-order valence-electron chi connectivity index (χ4n) is 4.89. The van der Waals surface area contributed by atoms with Crippen molar-refractivity contribution in [1.82, 2.24) is 4.90 Å². The Morgan fingerprint density at radius 1 is 1.24 bits per heavy atom. The van der Waals surface area contributed by atoms with Crippen LogP contribution in [0.15, 0.2) is 0 Å². The average molecular weight is 294 g/mol. The molecule has 0 aromatic heterocycles. The number of fused-ring (bicyclic) bond motifs is 1. The molecular weight excluding hydrogens is 264 g/mol. The van der Waals surface area contributed by atoms with Crippen molar-refractivity contribution in [3.63, 3.8) is 0 Å². The quantitative estimate of drug-likeness (QED) is 0.790. The van der Waals surface area contributed by atoms with Crippen LogP contribution in [0, 0.1) is 17.8 Å². The molecule has 0 radical (unpaired) electrons. The average Bonchev–Trinajstić information content (AvgIpc) is 3.11. The van der Waals surface area contributed by atoms with E-state index >= 15 is 0 Å². The summed E-state index contributed by atoms with van der Waals surface area (Å²) in [6, 6.07) is 0. The van der Waals surface area contributed by atoms with Crippen LogP contribution in [0.4, 0.5) is 0 Å². The highest BCUT2D eigenvalue weighted by Crippen LogP contribution is 2.40. The molecule has 1 aliphatic heterocycles. The van der Waals surface area contributed by atoms with Crippen LogP contribution in [0.3, 0.4) is 0 Å². The summed E-state index contributed by atoms with van der Waals surface area (Å²) in [6.45, 7) is 5.94. The molecule has 3 fully saturated rings. The van der Waals surface area contributed by atoms with Gasteiger partial charge in [-0.25, -0.2) is 0 Å². The summed E-state index contributed by atoms with van der Waals surface area (Å²) < 4.78 is 5.21. The van der Waals surface area contributed by atoms with Crippen molar-refractivity contribution in [3.8, 4) is 0 Å². The van der Waals surface area contributed by atoms with Gasteiger partial charge in [-0.05, 0) is 63.3 Å². The SMILES string of the molecule is CCOC(=O)C1(N)CCCC1CCN1CC2CCCC2C1. The fourth-order valence-corrected chi connectivity index (χ4v) is 4.89. The molecule has 0 bridgehead atoms. The Bertz CT molecular complexity index is 375. The highest BCUT2D eigenvalue weighted by Gasteiger charge is 2.47. The van der Waals surface area contributed by atoms with Crippen LogP contribution in [-0.2, 0) is 9.53 Å². The monoisotopic (exact) mass is 294 g/mol. The van der Waals surface area contributed by atoms with Crippen LogP contribution >= 0.6 is 0 Å². The van der Waals surface area contributed by atoms with Crippen LogP contribution in [0.1, 0.15) is 51.9 Å². The number of ether oxygens (including phenoxy) is 1. The van der Waals surface area contributed by atoms with Gasteiger partial charge >= 0.3 is 5.97 Å². The fraction of sp³-hybridized carbons (Fsp3) is 0.941. The van der Waals surface area contributed by atoms with Crippen LogP contribution in [0.2, 0.25) is 0 Å². The van der Waals surface area contributed by atoms with Crippen LogP contribution in [-0.4, -0.2) is 42.6 Å². The molecule has 0 aromatic rings. The van der Waals surface area contributed by atoms with Crippen LogP contribution in [0.5, 0.6) is 0 Å². The van der Waals surface area contributed by atoms with Gasteiger partial charge in [0, 0.05) is 13.1 Å². The third kappa shape index (κ3) is 2.98. The van der Waals surface area contributed by atoms with E-state index in [2.05, 4.69) is 4.90 Å². The first-order valence-electron chi connectivity index (χ1n) is 8.82. The van der Waals surface area contributed by atoms with Crippen molar-refractivity contribution in [3.05, 3.63) is 0 Å². The molecule has 3 rings (SSSR count). The largest absolute Gasteiger partial charge is 0.465 e. The van der Waals surface area contributed by atoms with Gasteiger partial charge in [0.2, 0.25) is 0 Å². The minimum atomic E-state index is -0.717. The molecule has 120 valence electrons. The Hall–Kier alpha value is -0.610. The molecule has 4 unspecified atom stereocenters. The summed E-state index contributed by atoms with van der Waals surface area (Å²) >= 11 is 0. The van der Waals surface area contributed by atoms with Crippen molar-refractivity contribution < 1.29 is 9.53 Å². The molecule has 21 heavy (non-hydrogen) atoms. The Labute approximate surface area is 128 Å². The number of carbonyl (C=O) groups excluding carboxylic acids is 1. The van der Waals surface area contributed by atoms with Crippen molar-refractivity contribution in [2.75, 3.05) is 26.2 Å². The first kappa shape index (κ1) is 15.3. The maximum absolute atomic E-state index is 12.2. The minimum absolute atomic E-state index is 0.175. The minimum Gasteiger partial charge on any atom is -0.465 e. The van der Waals surface area contributed by atoms with Gasteiger partial charge in [0.05, 0.1) is 6.61 Å². The van der Waals surface area contributed by atoms with E-state index in [9.17, 15) is 4.79 Å². The molecule has 0 amide bonds. The highest BCUT2D eigenvalue weighted by atomic mass is 16.5. The summed E-state index contributed by atoms with van der Waals surface area (Å²) in [5, 5.41) is 0. The molecule has 2 N–H and O–H groups in total. The van der Waals surface area contributed by atoms with Crippen LogP contribution in [0.25, 0.3) is 0 Å². The lowest BCUT2D eigenvalue weighted by Gasteiger charge is -2.30. The Kier molecular flexibility index (Phi) is 4.55. The number of esters is 1. The molecule has 2 aliphatic carbocycles. The maximum Gasteiger partial charge on any atom is 0.326 e. The predicted octanol–water partition coefficient (Wildman–Crippen LogP) is 2.17. The number of hydrogen-bond donors (Lipinski definition) is 1. The number of nitrogens with zero attached hydrogens (tertiary/aromatic N) is 1. The maximum atomic E-state index is 12.2. The summed E-state index contributed by atoms with van der Waals surface area (Å²) in [5.41, 5.74) is 5.70. The first-order valence-corrected chi connectivity index (χ1v) is 8.82. The zero-order chi connectivity index (χ0) is 14.9. The van der Waals surface area contributed by atoms with E-state index in [1.54, 1.807) is 0 Å². The number of nitrogens with two attached hydrogens (primary N) is 1. The molecule has 1 heterocycles. The van der Waals surface area contributed by atoms with Crippen LogP contribution < -0.4 is 5.73 Å². The van der Waals surface area contributed by atoms with Crippen molar-refractivity contribution in [2.45, 2.75) is 57.4 Å². The molecular formula is C17H30N2O2. The lowest BCUT2D eigenvalue weighted by molar-refractivity contribution is -0.151. The van der Waals surface area contributed by atoms with Crippen molar-refractivity contribution in [1.29, 1.82) is 0 Å². The van der Waals surface area contributed by atoms with Gasteiger partial charge in [0.15, 0.2) is 0 Å². The summed E-state index contributed by atoms with van der Waals surface area (Å²) in [5.74, 6) is 2.02. The lowest BCUT2D eigenvalue weighted by atomic mass is 9.85. The topological polar surface area (TPSA) is 55.6 Å². The third-order valence-electron chi connectivity index (χ3n) is 6.12. The highest BCUT2D eigenvalue weighted by molar-refractivity contribution is 5.81. The van der Waals surface area contributed by atoms with Gasteiger partial charge in [0.1, 0.15) is 5.54 Å². The van der Waals surface area contributed by atoms with Gasteiger partial charge in [-0.2, -0.15) is 0 Å². The first-order chi connectivity index (χ1) is 10.1.